The first-order chi connectivity index (χ1) is 9.93. The molecular weight excluding hydrogens is 264 g/mol. The number of benzene rings is 1. The quantitative estimate of drug-likeness (QED) is 0.806. The second kappa shape index (κ2) is 8.46. The van der Waals surface area contributed by atoms with Gasteiger partial charge in [-0.3, -0.25) is 4.79 Å². The number of hydrogen-bond donors (Lipinski definition) is 2. The molecule has 1 unspecified atom stereocenters. The number of hydrogen-bond acceptors (Lipinski definition) is 3. The van der Waals surface area contributed by atoms with E-state index in [1.807, 2.05) is 40.1 Å². The van der Waals surface area contributed by atoms with E-state index in [0.29, 0.717) is 11.1 Å². The van der Waals surface area contributed by atoms with Crippen LogP contribution in [-0.2, 0) is 0 Å². The Morgan fingerprint density at radius 2 is 2.14 bits per heavy atom. The molecule has 21 heavy (non-hydrogen) atoms. The molecule has 0 saturated carbocycles. The van der Waals surface area contributed by atoms with Crippen molar-refractivity contribution >= 4 is 5.91 Å². The van der Waals surface area contributed by atoms with Gasteiger partial charge in [-0.05, 0) is 58.6 Å². The summed E-state index contributed by atoms with van der Waals surface area (Å²) in [6.45, 7) is 4.65. The molecule has 0 aliphatic rings. The van der Waals surface area contributed by atoms with E-state index in [-0.39, 0.29) is 18.6 Å². The smallest absolute Gasteiger partial charge is 0.252 e. The number of nitrogens with zero attached hydrogens (tertiary/aromatic N) is 1. The Labute approximate surface area is 127 Å². The minimum atomic E-state index is -0.214. The van der Waals surface area contributed by atoms with E-state index in [0.717, 1.165) is 18.5 Å². The number of carbonyl (C=O) groups excluding carboxylic acids is 1. The van der Waals surface area contributed by atoms with Crippen LogP contribution < -0.4 is 5.32 Å². The summed E-state index contributed by atoms with van der Waals surface area (Å²) in [5, 5.41) is 11.8. The van der Waals surface area contributed by atoms with Gasteiger partial charge < -0.3 is 15.3 Å². The summed E-state index contributed by atoms with van der Waals surface area (Å²) < 4.78 is 0. The molecule has 4 nitrogen and oxygen atoms in total. The highest BCUT2D eigenvalue weighted by atomic mass is 16.2. The van der Waals surface area contributed by atoms with E-state index in [9.17, 15) is 4.79 Å². The molecule has 0 bridgehead atoms. The van der Waals surface area contributed by atoms with Gasteiger partial charge in [0, 0.05) is 11.6 Å². The first-order valence-corrected chi connectivity index (χ1v) is 7.10. The van der Waals surface area contributed by atoms with Crippen LogP contribution in [-0.4, -0.2) is 49.2 Å². The lowest BCUT2D eigenvalue weighted by atomic mass is 10.0. The van der Waals surface area contributed by atoms with E-state index in [1.54, 1.807) is 6.07 Å². The zero-order chi connectivity index (χ0) is 15.8. The van der Waals surface area contributed by atoms with Crippen LogP contribution in [0.3, 0.4) is 0 Å². The highest BCUT2D eigenvalue weighted by Gasteiger charge is 2.13. The van der Waals surface area contributed by atoms with Gasteiger partial charge in [-0.25, -0.2) is 0 Å². The van der Waals surface area contributed by atoms with E-state index in [4.69, 9.17) is 5.11 Å². The monoisotopic (exact) mass is 288 g/mol. The summed E-state index contributed by atoms with van der Waals surface area (Å²) in [6, 6.07) is 5.64. The van der Waals surface area contributed by atoms with Crippen LogP contribution >= 0.6 is 0 Å². The summed E-state index contributed by atoms with van der Waals surface area (Å²) in [7, 11) is 4.02. The largest absolute Gasteiger partial charge is 0.384 e. The molecule has 1 aromatic rings. The molecule has 114 valence electrons. The number of nitrogens with one attached hydrogen (secondary N) is 1. The minimum Gasteiger partial charge on any atom is -0.384 e. The molecule has 0 saturated heterocycles. The van der Waals surface area contributed by atoms with Crippen molar-refractivity contribution in [3.05, 3.63) is 34.9 Å². The lowest BCUT2D eigenvalue weighted by Gasteiger charge is -2.17. The summed E-state index contributed by atoms with van der Waals surface area (Å²) in [5.74, 6) is 5.32. The van der Waals surface area contributed by atoms with Crippen LogP contribution in [0.2, 0.25) is 0 Å². The Bertz CT molecular complexity index is 541. The van der Waals surface area contributed by atoms with Crippen molar-refractivity contribution in [1.29, 1.82) is 0 Å². The summed E-state index contributed by atoms with van der Waals surface area (Å²) in [6.07, 6.45) is 0.891. The molecule has 0 heterocycles. The Kier molecular flexibility index (Phi) is 6.93. The Morgan fingerprint density at radius 1 is 1.43 bits per heavy atom. The third-order valence-corrected chi connectivity index (χ3v) is 3.11. The van der Waals surface area contributed by atoms with Crippen molar-refractivity contribution in [2.75, 3.05) is 27.2 Å². The zero-order valence-electron chi connectivity index (χ0n) is 13.2. The lowest BCUT2D eigenvalue weighted by Crippen LogP contribution is -2.35. The van der Waals surface area contributed by atoms with Gasteiger partial charge in [-0.1, -0.05) is 17.9 Å². The summed E-state index contributed by atoms with van der Waals surface area (Å²) in [4.78, 5) is 14.4. The fourth-order valence-corrected chi connectivity index (χ4v) is 1.92. The molecule has 0 aliphatic heterocycles. The Morgan fingerprint density at radius 3 is 2.76 bits per heavy atom. The number of carbonyl (C=O) groups is 1. The van der Waals surface area contributed by atoms with Crippen molar-refractivity contribution in [3.63, 3.8) is 0 Å². The van der Waals surface area contributed by atoms with Crippen LogP contribution in [0.15, 0.2) is 18.2 Å². The molecular formula is C17H24N2O2. The van der Waals surface area contributed by atoms with Crippen molar-refractivity contribution in [2.45, 2.75) is 26.3 Å². The predicted octanol–water partition coefficient (Wildman–Crippen LogP) is 1.41. The Hall–Kier alpha value is -1.83. The van der Waals surface area contributed by atoms with Crippen LogP contribution in [0.5, 0.6) is 0 Å². The molecule has 1 aromatic carbocycles. The van der Waals surface area contributed by atoms with Gasteiger partial charge in [0.2, 0.25) is 0 Å². The normalized spacial score (nSPS) is 11.7. The van der Waals surface area contributed by atoms with Crippen LogP contribution in [0.1, 0.15) is 34.8 Å². The molecule has 0 aliphatic carbocycles. The number of aryl methyl sites for hydroxylation is 1. The highest BCUT2D eigenvalue weighted by Crippen LogP contribution is 2.11. The van der Waals surface area contributed by atoms with Gasteiger partial charge in [0.25, 0.3) is 5.91 Å². The maximum absolute atomic E-state index is 12.3. The molecule has 1 atom stereocenters. The van der Waals surface area contributed by atoms with Crippen LogP contribution in [0.25, 0.3) is 0 Å². The molecule has 1 rings (SSSR count). The summed E-state index contributed by atoms with van der Waals surface area (Å²) >= 11 is 0. The molecule has 0 radical (unpaired) electrons. The van der Waals surface area contributed by atoms with Crippen molar-refractivity contribution < 1.29 is 9.90 Å². The third kappa shape index (κ3) is 5.99. The molecule has 4 heteroatoms. The predicted molar refractivity (Wildman–Crippen MR) is 85.2 cm³/mol. The fourth-order valence-electron chi connectivity index (χ4n) is 1.92. The number of aliphatic hydroxyl groups excluding tert-OH is 1. The summed E-state index contributed by atoms with van der Waals surface area (Å²) in [5.41, 5.74) is 2.24. The van der Waals surface area contributed by atoms with Crippen molar-refractivity contribution in [2.24, 2.45) is 0 Å². The fraction of sp³-hybridized carbons (Fsp3) is 0.471. The first-order valence-electron chi connectivity index (χ1n) is 7.10. The maximum atomic E-state index is 12.3. The molecule has 0 fully saturated rings. The number of rotatable bonds is 5. The maximum Gasteiger partial charge on any atom is 0.252 e. The van der Waals surface area contributed by atoms with Crippen LogP contribution in [0, 0.1) is 18.8 Å². The van der Waals surface area contributed by atoms with Gasteiger partial charge in [-0.2, -0.15) is 0 Å². The molecule has 0 aromatic heterocycles. The van der Waals surface area contributed by atoms with E-state index in [2.05, 4.69) is 22.1 Å². The van der Waals surface area contributed by atoms with Gasteiger partial charge in [0.15, 0.2) is 0 Å². The van der Waals surface area contributed by atoms with Gasteiger partial charge >= 0.3 is 0 Å². The minimum absolute atomic E-state index is 0.0971. The van der Waals surface area contributed by atoms with Gasteiger partial charge in [-0.15, -0.1) is 0 Å². The van der Waals surface area contributed by atoms with Crippen molar-refractivity contribution in [1.82, 2.24) is 10.2 Å². The van der Waals surface area contributed by atoms with E-state index < -0.39 is 0 Å². The Balaban J connectivity index is 2.82. The zero-order valence-corrected chi connectivity index (χ0v) is 13.2. The number of aliphatic hydroxyl groups is 1. The van der Waals surface area contributed by atoms with Crippen LogP contribution in [0.4, 0.5) is 0 Å². The van der Waals surface area contributed by atoms with Gasteiger partial charge in [0.1, 0.15) is 6.61 Å². The third-order valence-electron chi connectivity index (χ3n) is 3.11. The average Bonchev–Trinajstić information content (AvgIpc) is 2.42. The molecule has 2 N–H and O–H groups in total. The first kappa shape index (κ1) is 17.2. The van der Waals surface area contributed by atoms with Crippen molar-refractivity contribution in [3.8, 4) is 11.8 Å². The SMILES string of the molecule is Cc1ccc(C(=O)NC(C)CCN(C)C)c(C#CCO)c1. The standard InChI is InChI=1S/C17H24N2O2/c1-13-7-8-16(15(12-13)6-5-11-20)17(21)18-14(2)9-10-19(3)4/h7-8,12,14,20H,9-11H2,1-4H3,(H,18,21). The lowest BCUT2D eigenvalue weighted by molar-refractivity contribution is 0.0936. The van der Waals surface area contributed by atoms with E-state index >= 15 is 0 Å². The number of amides is 1. The molecule has 0 spiro atoms. The average molecular weight is 288 g/mol. The molecule has 1 amide bonds. The second-order valence-corrected chi connectivity index (χ2v) is 5.48. The topological polar surface area (TPSA) is 52.6 Å². The van der Waals surface area contributed by atoms with Gasteiger partial charge in [0.05, 0.1) is 5.56 Å². The second-order valence-electron chi connectivity index (χ2n) is 5.48. The van der Waals surface area contributed by atoms with E-state index in [1.165, 1.54) is 0 Å². The highest BCUT2D eigenvalue weighted by molar-refractivity contribution is 5.97.